The molecular weight excluding hydrogens is 361 g/mol. The van der Waals surface area contributed by atoms with Crippen LogP contribution in [-0.2, 0) is 0 Å². The summed E-state index contributed by atoms with van der Waals surface area (Å²) < 4.78 is 0. The van der Waals surface area contributed by atoms with Crippen LogP contribution in [0.4, 0.5) is 11.4 Å². The Bertz CT molecular complexity index is 790. The summed E-state index contributed by atoms with van der Waals surface area (Å²) in [4.78, 5) is 15.9. The molecule has 5 N–H and O–H groups in total. The van der Waals surface area contributed by atoms with Gasteiger partial charge in [0.15, 0.2) is 10.8 Å². The van der Waals surface area contributed by atoms with Gasteiger partial charge in [0.25, 0.3) is 5.91 Å². The highest BCUT2D eigenvalue weighted by molar-refractivity contribution is 6.46. The third kappa shape index (κ3) is 3.85. The predicted octanol–water partition coefficient (Wildman–Crippen LogP) is 3.36. The van der Waals surface area contributed by atoms with Crippen LogP contribution in [-0.4, -0.2) is 16.6 Å². The number of nitrogens with zero attached hydrogens (tertiary/aromatic N) is 2. The van der Waals surface area contributed by atoms with E-state index < -0.39 is 5.91 Å². The Kier molecular flexibility index (Phi) is 5.30. The number of hydrogen-bond donors (Lipinski definition) is 3. The summed E-state index contributed by atoms with van der Waals surface area (Å²) in [5.41, 5.74) is 15.4. The molecule has 0 radical (unpaired) electrons. The Labute approximate surface area is 147 Å². The van der Waals surface area contributed by atoms with E-state index in [0.29, 0.717) is 11.4 Å². The highest BCUT2D eigenvalue weighted by Gasteiger charge is 2.19. The van der Waals surface area contributed by atoms with E-state index in [1.54, 1.807) is 31.2 Å². The molecule has 9 heteroatoms. The van der Waals surface area contributed by atoms with E-state index in [9.17, 15) is 4.79 Å². The van der Waals surface area contributed by atoms with Crippen molar-refractivity contribution in [1.82, 2.24) is 10.4 Å². The van der Waals surface area contributed by atoms with Gasteiger partial charge < -0.3 is 11.5 Å². The fraction of sp³-hybridized carbons (Fsp3) is 0.0714. The van der Waals surface area contributed by atoms with Gasteiger partial charge >= 0.3 is 0 Å². The van der Waals surface area contributed by atoms with E-state index in [2.05, 4.69) is 15.5 Å². The Hall–Kier alpha value is -2.02. The number of benzene rings is 1. The van der Waals surface area contributed by atoms with Crippen LogP contribution in [0.25, 0.3) is 0 Å². The number of aromatic nitrogens is 1. The largest absolute Gasteiger partial charge is 0.399 e. The lowest BCUT2D eigenvalue weighted by Crippen LogP contribution is -2.21. The number of carbonyl (C=O) groups is 1. The maximum atomic E-state index is 12.1. The summed E-state index contributed by atoms with van der Waals surface area (Å²) in [7, 11) is 0. The standard InChI is InChI=1S/C14H12Cl3N5O/c1-6(7-2-4-8(18)5-3-7)21-22-14(23)12-9(15)11(19)10(16)13(17)20-12/h2-5H,18H2,1H3,(H2,19,20)(H,22,23)/b21-6-. The van der Waals surface area contributed by atoms with Crippen LogP contribution in [0.1, 0.15) is 23.0 Å². The normalized spacial score (nSPS) is 11.4. The molecular formula is C14H12Cl3N5O. The monoisotopic (exact) mass is 371 g/mol. The van der Waals surface area contributed by atoms with E-state index >= 15 is 0 Å². The molecule has 0 aliphatic carbocycles. The van der Waals surface area contributed by atoms with E-state index in [4.69, 9.17) is 46.3 Å². The molecule has 0 bridgehead atoms. The first kappa shape index (κ1) is 17.3. The molecule has 1 amide bonds. The molecule has 1 heterocycles. The van der Waals surface area contributed by atoms with Crippen molar-refractivity contribution >= 4 is 57.8 Å². The second-order valence-electron chi connectivity index (χ2n) is 4.55. The summed E-state index contributed by atoms with van der Waals surface area (Å²) in [6.07, 6.45) is 0. The number of anilines is 2. The van der Waals surface area contributed by atoms with Gasteiger partial charge in [-0.3, -0.25) is 4.79 Å². The van der Waals surface area contributed by atoms with E-state index in [1.807, 2.05) is 0 Å². The molecule has 2 rings (SSSR count). The first-order valence-corrected chi connectivity index (χ1v) is 7.45. The van der Waals surface area contributed by atoms with Crippen molar-refractivity contribution in [2.75, 3.05) is 11.5 Å². The number of nitrogens with one attached hydrogen (secondary N) is 1. The highest BCUT2D eigenvalue weighted by Crippen LogP contribution is 2.34. The molecule has 1 aromatic heterocycles. The van der Waals surface area contributed by atoms with Crippen LogP contribution < -0.4 is 16.9 Å². The van der Waals surface area contributed by atoms with Gasteiger partial charge in [-0.2, -0.15) is 5.10 Å². The number of rotatable bonds is 3. The minimum absolute atomic E-state index is 0.00484. The number of pyridine rings is 1. The molecule has 23 heavy (non-hydrogen) atoms. The van der Waals surface area contributed by atoms with Gasteiger partial charge in [0.1, 0.15) is 5.02 Å². The van der Waals surface area contributed by atoms with E-state index in [0.717, 1.165) is 5.56 Å². The van der Waals surface area contributed by atoms with Crippen LogP contribution in [0.3, 0.4) is 0 Å². The molecule has 0 aliphatic rings. The van der Waals surface area contributed by atoms with Crippen LogP contribution in [0, 0.1) is 0 Å². The van der Waals surface area contributed by atoms with Gasteiger partial charge in [-0.25, -0.2) is 10.4 Å². The summed E-state index contributed by atoms with van der Waals surface area (Å²) in [5, 5.41) is 3.78. The minimum atomic E-state index is -0.657. The molecule has 6 nitrogen and oxygen atoms in total. The Morgan fingerprint density at radius 2 is 1.74 bits per heavy atom. The molecule has 120 valence electrons. The fourth-order valence-electron chi connectivity index (χ4n) is 1.66. The summed E-state index contributed by atoms with van der Waals surface area (Å²) in [5.74, 6) is -0.657. The van der Waals surface area contributed by atoms with Gasteiger partial charge in [0.05, 0.1) is 16.4 Å². The van der Waals surface area contributed by atoms with Crippen molar-refractivity contribution in [3.8, 4) is 0 Å². The number of nitrogen functional groups attached to an aromatic ring is 2. The number of carbonyl (C=O) groups excluding carboxylic acids is 1. The number of amides is 1. The topological polar surface area (TPSA) is 106 Å². The van der Waals surface area contributed by atoms with Crippen molar-refractivity contribution in [2.45, 2.75) is 6.92 Å². The Morgan fingerprint density at radius 3 is 2.35 bits per heavy atom. The lowest BCUT2D eigenvalue weighted by molar-refractivity contribution is 0.0950. The Balaban J connectivity index is 2.23. The molecule has 0 unspecified atom stereocenters. The SMILES string of the molecule is C/C(=N/NC(=O)c1nc(Cl)c(Cl)c(N)c1Cl)c1ccc(N)cc1. The van der Waals surface area contributed by atoms with Crippen LogP contribution in [0.5, 0.6) is 0 Å². The predicted molar refractivity (Wildman–Crippen MR) is 94.2 cm³/mol. The maximum Gasteiger partial charge on any atom is 0.291 e. The van der Waals surface area contributed by atoms with Gasteiger partial charge in [0.2, 0.25) is 0 Å². The second-order valence-corrected chi connectivity index (χ2v) is 5.67. The van der Waals surface area contributed by atoms with Crippen molar-refractivity contribution in [3.63, 3.8) is 0 Å². The minimum Gasteiger partial charge on any atom is -0.399 e. The number of hydrazone groups is 1. The first-order valence-electron chi connectivity index (χ1n) is 6.31. The van der Waals surface area contributed by atoms with Crippen molar-refractivity contribution < 1.29 is 4.79 Å². The zero-order valence-corrected chi connectivity index (χ0v) is 14.2. The third-order valence-corrected chi connectivity index (χ3v) is 4.08. The van der Waals surface area contributed by atoms with Gasteiger partial charge in [-0.15, -0.1) is 0 Å². The van der Waals surface area contributed by atoms with Crippen LogP contribution >= 0.6 is 34.8 Å². The molecule has 0 spiro atoms. The van der Waals surface area contributed by atoms with Crippen molar-refractivity contribution in [1.29, 1.82) is 0 Å². The van der Waals surface area contributed by atoms with Crippen molar-refractivity contribution in [2.24, 2.45) is 5.10 Å². The number of hydrogen-bond acceptors (Lipinski definition) is 5. The van der Waals surface area contributed by atoms with E-state index in [1.165, 1.54) is 0 Å². The molecule has 1 aromatic carbocycles. The third-order valence-electron chi connectivity index (χ3n) is 2.94. The summed E-state index contributed by atoms with van der Waals surface area (Å²) in [6, 6.07) is 7.02. The molecule has 0 fully saturated rings. The Morgan fingerprint density at radius 1 is 1.13 bits per heavy atom. The average molecular weight is 373 g/mol. The fourth-order valence-corrected chi connectivity index (χ4v) is 2.25. The van der Waals surface area contributed by atoms with Gasteiger partial charge in [-0.05, 0) is 24.6 Å². The zero-order valence-electron chi connectivity index (χ0n) is 11.9. The average Bonchev–Trinajstić information content (AvgIpc) is 2.54. The molecule has 0 saturated heterocycles. The summed E-state index contributed by atoms with van der Waals surface area (Å²) in [6.45, 7) is 1.73. The van der Waals surface area contributed by atoms with Crippen LogP contribution in [0.15, 0.2) is 29.4 Å². The molecule has 0 atom stereocenters. The van der Waals surface area contributed by atoms with Gasteiger partial charge in [-0.1, -0.05) is 46.9 Å². The van der Waals surface area contributed by atoms with Gasteiger partial charge in [0, 0.05) is 5.69 Å². The quantitative estimate of drug-likeness (QED) is 0.332. The lowest BCUT2D eigenvalue weighted by Gasteiger charge is -2.08. The number of halogens is 3. The van der Waals surface area contributed by atoms with E-state index in [-0.39, 0.29) is 26.6 Å². The first-order chi connectivity index (χ1) is 10.8. The smallest absolute Gasteiger partial charge is 0.291 e. The van der Waals surface area contributed by atoms with Crippen molar-refractivity contribution in [3.05, 3.63) is 50.7 Å². The zero-order chi connectivity index (χ0) is 17.1. The second kappa shape index (κ2) is 7.04. The molecule has 0 saturated carbocycles. The molecule has 0 aliphatic heterocycles. The lowest BCUT2D eigenvalue weighted by atomic mass is 10.1. The summed E-state index contributed by atoms with van der Waals surface area (Å²) >= 11 is 17.6. The number of nitrogens with two attached hydrogens (primary N) is 2. The highest BCUT2D eigenvalue weighted by atomic mass is 35.5. The maximum absolute atomic E-state index is 12.1. The molecule has 2 aromatic rings. The van der Waals surface area contributed by atoms with Crippen LogP contribution in [0.2, 0.25) is 15.2 Å².